The van der Waals surface area contributed by atoms with E-state index in [1.54, 1.807) is 43.0 Å². The molecule has 0 atom stereocenters. The van der Waals surface area contributed by atoms with E-state index in [0.29, 0.717) is 17.2 Å². The third-order valence-corrected chi connectivity index (χ3v) is 5.75. The van der Waals surface area contributed by atoms with Crippen LogP contribution in [0.4, 0.5) is 11.4 Å². The summed E-state index contributed by atoms with van der Waals surface area (Å²) >= 11 is 6.40. The molecule has 0 saturated heterocycles. The summed E-state index contributed by atoms with van der Waals surface area (Å²) in [5.74, 6) is -0.978. The fraction of sp³-hybridized carbons (Fsp3) is 0.167. The maximum Gasteiger partial charge on any atom is 0.343 e. The number of hydrogen-bond acceptors (Lipinski definition) is 7. The lowest BCUT2D eigenvalue weighted by Gasteiger charge is -2.19. The molecule has 8 nitrogen and oxygen atoms in total. The second-order valence-corrected chi connectivity index (χ2v) is 7.77. The molecule has 1 aliphatic rings. The molecule has 3 aromatic rings. The number of rotatable bonds is 5. The number of aryl methyl sites for hydroxylation is 1. The van der Waals surface area contributed by atoms with Crippen LogP contribution in [0.25, 0.3) is 5.69 Å². The van der Waals surface area contributed by atoms with Crippen LogP contribution in [-0.2, 0) is 9.53 Å². The molecule has 33 heavy (non-hydrogen) atoms. The third kappa shape index (κ3) is 3.83. The van der Waals surface area contributed by atoms with E-state index in [2.05, 4.69) is 5.10 Å². The molecule has 1 aliphatic heterocycles. The number of para-hydroxylation sites is 3. The smallest absolute Gasteiger partial charge is 0.343 e. The van der Waals surface area contributed by atoms with E-state index >= 15 is 0 Å². The summed E-state index contributed by atoms with van der Waals surface area (Å²) in [4.78, 5) is 29.1. The fourth-order valence-electron chi connectivity index (χ4n) is 3.80. The van der Waals surface area contributed by atoms with Crippen molar-refractivity contribution in [2.45, 2.75) is 6.92 Å². The van der Waals surface area contributed by atoms with Crippen molar-refractivity contribution in [1.82, 2.24) is 9.78 Å². The average Bonchev–Trinajstić information content (AvgIpc) is 3.26. The normalized spacial score (nSPS) is 12.4. The molecule has 0 bridgehead atoms. The minimum absolute atomic E-state index is 0.0713. The quantitative estimate of drug-likeness (QED) is 0.323. The molecular weight excluding hydrogens is 442 g/mol. The maximum absolute atomic E-state index is 12.9. The van der Waals surface area contributed by atoms with Crippen LogP contribution in [0.2, 0.25) is 5.15 Å². The van der Waals surface area contributed by atoms with E-state index in [-0.39, 0.29) is 16.3 Å². The molecule has 0 saturated carbocycles. The number of benzene rings is 2. The molecule has 0 N–H and O–H groups in total. The number of Topliss-reactive ketones (excluding diaryl/α,β-unsaturated/α-hetero) is 1. The van der Waals surface area contributed by atoms with Crippen molar-refractivity contribution in [2.75, 3.05) is 30.5 Å². The second-order valence-electron chi connectivity index (χ2n) is 7.42. The van der Waals surface area contributed by atoms with Gasteiger partial charge in [0.25, 0.3) is 0 Å². The number of nitriles is 1. The largest absolute Gasteiger partial charge is 0.454 e. The number of carbonyl (C=O) groups is 2. The minimum atomic E-state index is -0.785. The second kappa shape index (κ2) is 8.81. The van der Waals surface area contributed by atoms with Crippen molar-refractivity contribution < 1.29 is 14.3 Å². The number of aromatic nitrogens is 2. The van der Waals surface area contributed by atoms with Gasteiger partial charge in [0, 0.05) is 14.1 Å². The highest BCUT2D eigenvalue weighted by molar-refractivity contribution is 6.33. The zero-order valence-electron chi connectivity index (χ0n) is 18.2. The summed E-state index contributed by atoms with van der Waals surface area (Å²) in [7, 11) is 3.55. The molecular formula is C24H20ClN5O3. The van der Waals surface area contributed by atoms with E-state index in [0.717, 1.165) is 11.4 Å². The monoisotopic (exact) mass is 461 g/mol. The van der Waals surface area contributed by atoms with Crippen LogP contribution in [0.3, 0.4) is 0 Å². The van der Waals surface area contributed by atoms with Gasteiger partial charge in [0.05, 0.1) is 22.8 Å². The Kier molecular flexibility index (Phi) is 5.90. The Morgan fingerprint density at radius 1 is 1.03 bits per heavy atom. The summed E-state index contributed by atoms with van der Waals surface area (Å²) in [5.41, 5.74) is 2.75. The van der Waals surface area contributed by atoms with Gasteiger partial charge in [-0.05, 0) is 31.2 Å². The van der Waals surface area contributed by atoms with Gasteiger partial charge in [0.1, 0.15) is 28.2 Å². The van der Waals surface area contributed by atoms with Gasteiger partial charge in [-0.3, -0.25) is 4.79 Å². The van der Waals surface area contributed by atoms with Gasteiger partial charge in [0.15, 0.2) is 6.61 Å². The first-order valence-corrected chi connectivity index (χ1v) is 10.4. The van der Waals surface area contributed by atoms with Crippen molar-refractivity contribution in [3.63, 3.8) is 0 Å². The zero-order valence-corrected chi connectivity index (χ0v) is 19.0. The highest BCUT2D eigenvalue weighted by atomic mass is 35.5. The summed E-state index contributed by atoms with van der Waals surface area (Å²) in [5, 5.41) is 14.1. The van der Waals surface area contributed by atoms with E-state index in [1.165, 1.54) is 4.68 Å². The molecule has 0 spiro atoms. The number of carbonyl (C=O) groups excluding carboxylic acids is 2. The molecule has 0 amide bonds. The first kappa shape index (κ1) is 22.1. The van der Waals surface area contributed by atoms with Crippen molar-refractivity contribution in [3.05, 3.63) is 82.4 Å². The van der Waals surface area contributed by atoms with Crippen molar-refractivity contribution >= 4 is 34.7 Å². The Bertz CT molecular complexity index is 1290. The van der Waals surface area contributed by atoms with Gasteiger partial charge in [-0.1, -0.05) is 41.9 Å². The van der Waals surface area contributed by atoms with Gasteiger partial charge in [-0.2, -0.15) is 10.4 Å². The van der Waals surface area contributed by atoms with Crippen molar-refractivity contribution in [3.8, 4) is 11.8 Å². The lowest BCUT2D eigenvalue weighted by atomic mass is 10.2. The molecule has 2 heterocycles. The highest BCUT2D eigenvalue weighted by Gasteiger charge is 2.32. The molecule has 0 unspecified atom stereocenters. The predicted octanol–water partition coefficient (Wildman–Crippen LogP) is 3.88. The number of fused-ring (bicyclic) bond motifs is 1. The summed E-state index contributed by atoms with van der Waals surface area (Å²) in [6.07, 6.45) is 0. The SMILES string of the molecule is Cc1nn(-c2ccccc2)c(Cl)c1C(=O)OCC(=O)C(C#N)=C1N(C)c2ccccc2N1C. The topological polar surface area (TPSA) is 91.5 Å². The fourth-order valence-corrected chi connectivity index (χ4v) is 4.15. The van der Waals surface area contributed by atoms with Crippen LogP contribution < -0.4 is 9.80 Å². The summed E-state index contributed by atoms with van der Waals surface area (Å²) in [6, 6.07) is 18.6. The third-order valence-electron chi connectivity index (χ3n) is 5.40. The first-order chi connectivity index (χ1) is 15.8. The highest BCUT2D eigenvalue weighted by Crippen LogP contribution is 2.40. The van der Waals surface area contributed by atoms with Crippen LogP contribution in [0.1, 0.15) is 16.1 Å². The molecule has 0 aliphatic carbocycles. The molecule has 0 radical (unpaired) electrons. The average molecular weight is 462 g/mol. The van der Waals surface area contributed by atoms with Crippen LogP contribution in [0.15, 0.2) is 66.0 Å². The minimum Gasteiger partial charge on any atom is -0.454 e. The van der Waals surface area contributed by atoms with E-state index in [9.17, 15) is 14.9 Å². The van der Waals surface area contributed by atoms with Gasteiger partial charge in [-0.15, -0.1) is 0 Å². The number of ether oxygens (including phenoxy) is 1. The maximum atomic E-state index is 12.9. The first-order valence-electron chi connectivity index (χ1n) is 10.1. The number of ketones is 1. The molecule has 166 valence electrons. The van der Waals surface area contributed by atoms with E-state index in [1.807, 2.05) is 48.5 Å². The predicted molar refractivity (Wildman–Crippen MR) is 124 cm³/mol. The standard InChI is InChI=1S/C24H20ClN5O3/c1-15-21(22(25)30(27-15)16-9-5-4-6-10-16)24(32)33-14-20(31)17(13-26)23-28(2)18-11-7-8-12-19(18)29(23)3/h4-12H,14H2,1-3H3. The number of halogens is 1. The van der Waals surface area contributed by atoms with E-state index < -0.39 is 18.4 Å². The summed E-state index contributed by atoms with van der Waals surface area (Å²) in [6.45, 7) is 1.03. The van der Waals surface area contributed by atoms with Gasteiger partial charge in [0.2, 0.25) is 5.78 Å². The van der Waals surface area contributed by atoms with Crippen molar-refractivity contribution in [1.29, 1.82) is 5.26 Å². The van der Waals surface area contributed by atoms with Gasteiger partial charge in [-0.25, -0.2) is 9.48 Å². The number of esters is 1. The molecule has 1 aromatic heterocycles. The van der Waals surface area contributed by atoms with E-state index in [4.69, 9.17) is 16.3 Å². The van der Waals surface area contributed by atoms with Crippen LogP contribution >= 0.6 is 11.6 Å². The van der Waals surface area contributed by atoms with Crippen LogP contribution in [0, 0.1) is 18.3 Å². The van der Waals surface area contributed by atoms with Crippen LogP contribution in [-0.4, -0.2) is 42.2 Å². The molecule has 0 fully saturated rings. The zero-order chi connectivity index (χ0) is 23.7. The number of nitrogens with zero attached hydrogens (tertiary/aromatic N) is 5. The lowest BCUT2D eigenvalue weighted by Crippen LogP contribution is -2.28. The Labute approximate surface area is 195 Å². The number of hydrogen-bond donors (Lipinski definition) is 0. The number of anilines is 2. The summed E-state index contributed by atoms with van der Waals surface area (Å²) < 4.78 is 6.67. The molecule has 9 heteroatoms. The van der Waals surface area contributed by atoms with Crippen molar-refractivity contribution in [2.24, 2.45) is 0 Å². The van der Waals surface area contributed by atoms with Gasteiger partial charge < -0.3 is 14.5 Å². The Morgan fingerprint density at radius 2 is 1.61 bits per heavy atom. The van der Waals surface area contributed by atoms with Gasteiger partial charge >= 0.3 is 5.97 Å². The Hall–Kier alpha value is -4.09. The lowest BCUT2D eigenvalue weighted by molar-refractivity contribution is -0.118. The Morgan fingerprint density at radius 3 is 2.18 bits per heavy atom. The van der Waals surface area contributed by atoms with Crippen LogP contribution in [0.5, 0.6) is 0 Å². The molecule has 2 aromatic carbocycles. The molecule has 4 rings (SSSR count). The Balaban J connectivity index is 1.55.